The van der Waals surface area contributed by atoms with Gasteiger partial charge >= 0.3 is 0 Å². The molecule has 0 bridgehead atoms. The number of hydrogen-bond donors (Lipinski definition) is 1. The summed E-state index contributed by atoms with van der Waals surface area (Å²) in [6.45, 7) is 11.4. The van der Waals surface area contributed by atoms with Crippen LogP contribution in [-0.4, -0.2) is 34.9 Å². The van der Waals surface area contributed by atoms with E-state index in [9.17, 15) is 9.59 Å². The molecule has 0 unspecified atom stereocenters. The number of nitrogens with one attached hydrogen (secondary N) is 1. The van der Waals surface area contributed by atoms with Crippen molar-refractivity contribution < 1.29 is 14.3 Å². The molecule has 174 valence electrons. The van der Waals surface area contributed by atoms with E-state index in [1.165, 1.54) is 4.90 Å². The van der Waals surface area contributed by atoms with Crippen LogP contribution < -0.4 is 10.1 Å². The molecule has 0 aromatic heterocycles. The van der Waals surface area contributed by atoms with Crippen molar-refractivity contribution in [1.82, 2.24) is 10.2 Å². The van der Waals surface area contributed by atoms with Crippen LogP contribution >= 0.6 is 23.2 Å². The van der Waals surface area contributed by atoms with Crippen molar-refractivity contribution in [2.45, 2.75) is 65.6 Å². The Morgan fingerprint density at radius 3 is 2.16 bits per heavy atom. The zero-order chi connectivity index (χ0) is 24.1. The number of nitrogens with zero attached hydrogens (tertiary/aromatic N) is 1. The molecular formula is C25H32Cl2N2O3. The number of amides is 2. The quantitative estimate of drug-likeness (QED) is 0.519. The van der Waals surface area contributed by atoms with Crippen molar-refractivity contribution in [3.8, 4) is 5.75 Å². The second-order valence-corrected chi connectivity index (χ2v) is 9.93. The fourth-order valence-electron chi connectivity index (χ4n) is 3.22. The molecule has 0 aliphatic rings. The first kappa shape index (κ1) is 26.0. The van der Waals surface area contributed by atoms with Gasteiger partial charge in [0.25, 0.3) is 5.91 Å². The Bertz CT molecular complexity index is 934. The molecule has 0 saturated heterocycles. The summed E-state index contributed by atoms with van der Waals surface area (Å²) in [5, 5.41) is 3.80. The molecule has 0 heterocycles. The number of carbonyl (C=O) groups is 2. The molecule has 0 spiro atoms. The summed E-state index contributed by atoms with van der Waals surface area (Å²) in [5.74, 6) is 0.293. The number of carbonyl (C=O) groups excluding carboxylic acids is 2. The minimum atomic E-state index is -0.752. The van der Waals surface area contributed by atoms with Gasteiger partial charge in [-0.15, -0.1) is 0 Å². The lowest BCUT2D eigenvalue weighted by Crippen LogP contribution is -2.53. The highest BCUT2D eigenvalue weighted by Crippen LogP contribution is 2.28. The minimum absolute atomic E-state index is 0.0885. The maximum absolute atomic E-state index is 13.3. The lowest BCUT2D eigenvalue weighted by Gasteiger charge is -2.32. The first-order valence-electron chi connectivity index (χ1n) is 10.7. The van der Waals surface area contributed by atoms with Gasteiger partial charge in [0, 0.05) is 27.7 Å². The SMILES string of the molecule is CC(C)c1ccccc1OCC(=O)N(Cc1c(Cl)cccc1Cl)[C@H](C)C(=O)NC(C)(C)C. The Balaban J connectivity index is 2.29. The summed E-state index contributed by atoms with van der Waals surface area (Å²) < 4.78 is 5.88. The summed E-state index contributed by atoms with van der Waals surface area (Å²) in [5.41, 5.74) is 1.16. The third kappa shape index (κ3) is 7.14. The van der Waals surface area contributed by atoms with Gasteiger partial charge < -0.3 is 15.0 Å². The molecule has 1 N–H and O–H groups in total. The van der Waals surface area contributed by atoms with Gasteiger partial charge in [0.1, 0.15) is 11.8 Å². The summed E-state index contributed by atoms with van der Waals surface area (Å²) in [4.78, 5) is 27.6. The second kappa shape index (κ2) is 11.1. The van der Waals surface area contributed by atoms with Crippen LogP contribution in [0.25, 0.3) is 0 Å². The molecule has 2 amide bonds. The van der Waals surface area contributed by atoms with E-state index in [-0.39, 0.29) is 30.9 Å². The molecule has 0 aliphatic carbocycles. The molecule has 5 nitrogen and oxygen atoms in total. The van der Waals surface area contributed by atoms with Crippen molar-refractivity contribution in [3.05, 3.63) is 63.6 Å². The highest BCUT2D eigenvalue weighted by atomic mass is 35.5. The van der Waals surface area contributed by atoms with E-state index in [1.807, 2.05) is 45.0 Å². The third-order valence-corrected chi connectivity index (χ3v) is 5.66. The third-order valence-electron chi connectivity index (χ3n) is 4.95. The zero-order valence-electron chi connectivity index (χ0n) is 19.5. The Kier molecular flexibility index (Phi) is 8.99. The molecule has 0 fully saturated rings. The lowest BCUT2D eigenvalue weighted by atomic mass is 10.0. The molecule has 2 aromatic carbocycles. The van der Waals surface area contributed by atoms with Crippen LogP contribution in [-0.2, 0) is 16.1 Å². The van der Waals surface area contributed by atoms with Crippen LogP contribution in [0.5, 0.6) is 5.75 Å². The number of rotatable bonds is 8. The maximum Gasteiger partial charge on any atom is 0.261 e. The van der Waals surface area contributed by atoms with Gasteiger partial charge in [-0.2, -0.15) is 0 Å². The number of ether oxygens (including phenoxy) is 1. The summed E-state index contributed by atoms with van der Waals surface area (Å²) in [6.07, 6.45) is 0. The summed E-state index contributed by atoms with van der Waals surface area (Å²) in [6, 6.07) is 12.0. The largest absolute Gasteiger partial charge is 0.483 e. The van der Waals surface area contributed by atoms with Crippen molar-refractivity contribution in [2.75, 3.05) is 6.61 Å². The van der Waals surface area contributed by atoms with E-state index in [0.717, 1.165) is 5.56 Å². The van der Waals surface area contributed by atoms with Gasteiger partial charge in [0.2, 0.25) is 5.91 Å². The van der Waals surface area contributed by atoms with Gasteiger partial charge in [0.05, 0.1) is 0 Å². The summed E-state index contributed by atoms with van der Waals surface area (Å²) >= 11 is 12.7. The number of para-hydroxylation sites is 1. The fourth-order valence-corrected chi connectivity index (χ4v) is 3.74. The van der Waals surface area contributed by atoms with Crippen LogP contribution in [0, 0.1) is 0 Å². The summed E-state index contributed by atoms with van der Waals surface area (Å²) in [7, 11) is 0. The average molecular weight is 479 g/mol. The van der Waals surface area contributed by atoms with E-state index < -0.39 is 11.6 Å². The van der Waals surface area contributed by atoms with Gasteiger partial charge in [-0.3, -0.25) is 9.59 Å². The highest BCUT2D eigenvalue weighted by Gasteiger charge is 2.29. The fraction of sp³-hybridized carbons (Fsp3) is 0.440. The molecule has 0 radical (unpaired) electrons. The Labute approximate surface area is 201 Å². The van der Waals surface area contributed by atoms with E-state index in [2.05, 4.69) is 19.2 Å². The predicted octanol–water partition coefficient (Wildman–Crippen LogP) is 5.83. The minimum Gasteiger partial charge on any atom is -0.483 e. The first-order chi connectivity index (χ1) is 14.9. The van der Waals surface area contributed by atoms with Crippen LogP contribution in [0.2, 0.25) is 10.0 Å². The van der Waals surface area contributed by atoms with Crippen molar-refractivity contribution in [3.63, 3.8) is 0 Å². The molecule has 2 rings (SSSR count). The smallest absolute Gasteiger partial charge is 0.261 e. The molecule has 7 heteroatoms. The van der Waals surface area contributed by atoms with Crippen molar-refractivity contribution in [2.24, 2.45) is 0 Å². The highest BCUT2D eigenvalue weighted by molar-refractivity contribution is 6.36. The Morgan fingerprint density at radius 1 is 1.00 bits per heavy atom. The van der Waals surface area contributed by atoms with E-state index >= 15 is 0 Å². The topological polar surface area (TPSA) is 58.6 Å². The molecule has 0 saturated carbocycles. The molecule has 1 atom stereocenters. The van der Waals surface area contributed by atoms with Gasteiger partial charge in [-0.25, -0.2) is 0 Å². The monoisotopic (exact) mass is 478 g/mol. The van der Waals surface area contributed by atoms with Gasteiger partial charge in [-0.05, 0) is 57.4 Å². The van der Waals surface area contributed by atoms with Crippen LogP contribution in [0.1, 0.15) is 58.6 Å². The van der Waals surface area contributed by atoms with Gasteiger partial charge in [0.15, 0.2) is 6.61 Å². The first-order valence-corrected chi connectivity index (χ1v) is 11.4. The zero-order valence-corrected chi connectivity index (χ0v) is 21.1. The number of hydrogen-bond acceptors (Lipinski definition) is 3. The van der Waals surface area contributed by atoms with E-state index in [4.69, 9.17) is 27.9 Å². The standard InChI is InChI=1S/C25H32Cl2N2O3/c1-16(2)18-10-7-8-13-22(18)32-15-23(30)29(17(3)24(31)28-25(4,5)6)14-19-20(26)11-9-12-21(19)27/h7-13,16-17H,14-15H2,1-6H3,(H,28,31)/t17-/m1/s1. The van der Waals surface area contributed by atoms with Crippen molar-refractivity contribution in [1.29, 1.82) is 0 Å². The van der Waals surface area contributed by atoms with Gasteiger partial charge in [-0.1, -0.05) is 61.3 Å². The van der Waals surface area contributed by atoms with E-state index in [0.29, 0.717) is 21.4 Å². The van der Waals surface area contributed by atoms with E-state index in [1.54, 1.807) is 25.1 Å². The second-order valence-electron chi connectivity index (χ2n) is 9.12. The molecule has 2 aromatic rings. The molecule has 0 aliphatic heterocycles. The van der Waals surface area contributed by atoms with Crippen molar-refractivity contribution >= 4 is 35.0 Å². The number of halogens is 2. The maximum atomic E-state index is 13.3. The lowest BCUT2D eigenvalue weighted by molar-refractivity contribution is -0.142. The molecular weight excluding hydrogens is 447 g/mol. The number of benzene rings is 2. The van der Waals surface area contributed by atoms with Crippen LogP contribution in [0.4, 0.5) is 0 Å². The normalized spacial score (nSPS) is 12.4. The van der Waals surface area contributed by atoms with Crippen LogP contribution in [0.3, 0.4) is 0 Å². The average Bonchev–Trinajstić information content (AvgIpc) is 2.70. The Morgan fingerprint density at radius 2 is 1.59 bits per heavy atom. The Hall–Kier alpha value is -2.24. The van der Waals surface area contributed by atoms with Crippen LogP contribution in [0.15, 0.2) is 42.5 Å². The predicted molar refractivity (Wildman–Crippen MR) is 130 cm³/mol. The molecule has 32 heavy (non-hydrogen) atoms.